The zero-order valence-electron chi connectivity index (χ0n) is 39.9. The lowest BCUT2D eigenvalue weighted by molar-refractivity contribution is 0.333. The standard InChI is InChI=1S/C65H51N5/c1-64(2)39-40-65(3,4)58-50(25-16-26-55(58)64)45-33-29-44(30-34-45)48-21-15-22-49(41-48)69-56-27-13-11-23-51(56)53-37-38-54-52-24-12-14-28-57(52)70(60(54)59(53)69)63-67-61(46-19-9-6-10-20-46)66-62(68-63)47-35-31-43(32-36-47)42-17-7-5-8-18-42/h5-38,41H,39-40H2,1-4H3. The first-order valence-corrected chi connectivity index (χ1v) is 24.5. The van der Waals surface area contributed by atoms with Crippen molar-refractivity contribution >= 4 is 43.6 Å². The Labute approximate surface area is 408 Å². The molecule has 1 aliphatic carbocycles. The Morgan fingerprint density at radius 1 is 0.357 bits per heavy atom. The summed E-state index contributed by atoms with van der Waals surface area (Å²) in [6.45, 7) is 9.64. The molecule has 70 heavy (non-hydrogen) atoms. The van der Waals surface area contributed by atoms with Gasteiger partial charge in [0, 0.05) is 38.4 Å². The Balaban J connectivity index is 1.00. The average molecular weight is 902 g/mol. The molecule has 0 saturated heterocycles. The second-order valence-electron chi connectivity index (χ2n) is 20.3. The predicted molar refractivity (Wildman–Crippen MR) is 291 cm³/mol. The summed E-state index contributed by atoms with van der Waals surface area (Å²) in [7, 11) is 0. The summed E-state index contributed by atoms with van der Waals surface area (Å²) < 4.78 is 4.72. The summed E-state index contributed by atoms with van der Waals surface area (Å²) in [6.07, 6.45) is 2.38. The van der Waals surface area contributed by atoms with E-state index >= 15 is 0 Å². The number of nitrogens with zero attached hydrogens (tertiary/aromatic N) is 5. The molecule has 0 fully saturated rings. The van der Waals surface area contributed by atoms with Crippen molar-refractivity contribution in [3.8, 4) is 67.8 Å². The molecule has 5 heteroatoms. The maximum Gasteiger partial charge on any atom is 0.238 e. The normalized spacial score (nSPS) is 14.1. The summed E-state index contributed by atoms with van der Waals surface area (Å²) in [5.41, 5.74) is 17.7. The maximum atomic E-state index is 5.39. The minimum atomic E-state index is 0.110. The van der Waals surface area contributed by atoms with E-state index in [1.54, 1.807) is 0 Å². The van der Waals surface area contributed by atoms with Crippen LogP contribution in [0.3, 0.4) is 0 Å². The van der Waals surface area contributed by atoms with Gasteiger partial charge in [0.1, 0.15) is 0 Å². The van der Waals surface area contributed by atoms with Crippen molar-refractivity contribution < 1.29 is 0 Å². The first kappa shape index (κ1) is 41.8. The van der Waals surface area contributed by atoms with Gasteiger partial charge in [-0.3, -0.25) is 4.57 Å². The molecule has 13 rings (SSSR count). The van der Waals surface area contributed by atoms with Gasteiger partial charge in [-0.05, 0) is 92.4 Å². The molecule has 0 N–H and O–H groups in total. The van der Waals surface area contributed by atoms with E-state index in [9.17, 15) is 0 Å². The van der Waals surface area contributed by atoms with Crippen LogP contribution >= 0.6 is 0 Å². The van der Waals surface area contributed by atoms with Crippen LogP contribution < -0.4 is 0 Å². The van der Waals surface area contributed by atoms with Crippen molar-refractivity contribution in [1.82, 2.24) is 24.1 Å². The van der Waals surface area contributed by atoms with Crippen LogP contribution in [0.15, 0.2) is 212 Å². The van der Waals surface area contributed by atoms with Gasteiger partial charge in [-0.15, -0.1) is 0 Å². The van der Waals surface area contributed by atoms with Gasteiger partial charge in [-0.25, -0.2) is 4.98 Å². The van der Waals surface area contributed by atoms with Gasteiger partial charge in [-0.1, -0.05) is 216 Å². The van der Waals surface area contributed by atoms with Crippen LogP contribution in [0.25, 0.3) is 111 Å². The fourth-order valence-corrected chi connectivity index (χ4v) is 11.4. The molecule has 336 valence electrons. The van der Waals surface area contributed by atoms with E-state index in [2.05, 4.69) is 225 Å². The summed E-state index contributed by atoms with van der Waals surface area (Å²) in [6, 6.07) is 76.4. The molecule has 0 aliphatic heterocycles. The Hall–Kier alpha value is -8.41. The van der Waals surface area contributed by atoms with Crippen molar-refractivity contribution in [3.63, 3.8) is 0 Å². The molecule has 3 heterocycles. The lowest BCUT2D eigenvalue weighted by atomic mass is 9.61. The number of hydrogen-bond donors (Lipinski definition) is 0. The fourth-order valence-electron chi connectivity index (χ4n) is 11.4. The first-order valence-electron chi connectivity index (χ1n) is 24.5. The third-order valence-corrected chi connectivity index (χ3v) is 15.1. The number of fused-ring (bicyclic) bond motifs is 8. The second kappa shape index (κ2) is 16.1. The fraction of sp³-hybridized carbons (Fsp3) is 0.123. The molecule has 5 nitrogen and oxygen atoms in total. The van der Waals surface area contributed by atoms with Gasteiger partial charge in [0.15, 0.2) is 11.6 Å². The number of rotatable bonds is 7. The van der Waals surface area contributed by atoms with E-state index < -0.39 is 0 Å². The van der Waals surface area contributed by atoms with E-state index in [-0.39, 0.29) is 10.8 Å². The number of hydrogen-bond acceptors (Lipinski definition) is 3. The second-order valence-corrected chi connectivity index (χ2v) is 20.3. The molecule has 0 amide bonds. The van der Waals surface area contributed by atoms with Gasteiger partial charge in [0.25, 0.3) is 0 Å². The largest absolute Gasteiger partial charge is 0.307 e. The molecule has 0 spiro atoms. The van der Waals surface area contributed by atoms with Crippen LogP contribution in [-0.4, -0.2) is 24.1 Å². The lowest BCUT2D eigenvalue weighted by Gasteiger charge is -2.43. The third-order valence-electron chi connectivity index (χ3n) is 15.1. The minimum Gasteiger partial charge on any atom is -0.307 e. The predicted octanol–water partition coefficient (Wildman–Crippen LogP) is 16.7. The van der Waals surface area contributed by atoms with Crippen molar-refractivity contribution in [1.29, 1.82) is 0 Å². The van der Waals surface area contributed by atoms with Crippen LogP contribution in [0.4, 0.5) is 0 Å². The molecule has 0 radical (unpaired) electrons. The number of para-hydroxylation sites is 2. The van der Waals surface area contributed by atoms with Crippen LogP contribution in [0, 0.1) is 0 Å². The number of aromatic nitrogens is 5. The Kier molecular flexibility index (Phi) is 9.60. The highest BCUT2D eigenvalue weighted by Gasteiger charge is 2.38. The van der Waals surface area contributed by atoms with Crippen LogP contribution in [-0.2, 0) is 10.8 Å². The highest BCUT2D eigenvalue weighted by Crippen LogP contribution is 2.50. The average Bonchev–Trinajstić information content (AvgIpc) is 3.94. The maximum absolute atomic E-state index is 5.39. The molecule has 3 aromatic heterocycles. The minimum absolute atomic E-state index is 0.110. The molecule has 0 bridgehead atoms. The molecule has 0 atom stereocenters. The summed E-state index contributed by atoms with van der Waals surface area (Å²) >= 11 is 0. The van der Waals surface area contributed by atoms with E-state index in [1.807, 2.05) is 24.3 Å². The van der Waals surface area contributed by atoms with Crippen molar-refractivity contribution in [2.45, 2.75) is 51.4 Å². The molecule has 1 aliphatic rings. The topological polar surface area (TPSA) is 48.5 Å². The summed E-state index contributed by atoms with van der Waals surface area (Å²) in [5.74, 6) is 1.79. The summed E-state index contributed by atoms with van der Waals surface area (Å²) in [5, 5.41) is 4.60. The van der Waals surface area contributed by atoms with Crippen LogP contribution in [0.5, 0.6) is 0 Å². The molecular weight excluding hydrogens is 851 g/mol. The molecule has 0 saturated carbocycles. The molecule has 9 aromatic carbocycles. The zero-order chi connectivity index (χ0) is 47.1. The van der Waals surface area contributed by atoms with Gasteiger partial charge in [0.2, 0.25) is 5.95 Å². The van der Waals surface area contributed by atoms with Crippen LogP contribution in [0.1, 0.15) is 51.7 Å². The Morgan fingerprint density at radius 3 is 1.49 bits per heavy atom. The zero-order valence-corrected chi connectivity index (χ0v) is 39.9. The highest BCUT2D eigenvalue weighted by molar-refractivity contribution is 6.23. The van der Waals surface area contributed by atoms with E-state index in [0.717, 1.165) is 71.7 Å². The molecular formula is C65H51N5. The van der Waals surface area contributed by atoms with E-state index in [0.29, 0.717) is 17.6 Å². The lowest BCUT2D eigenvalue weighted by Crippen LogP contribution is -2.34. The van der Waals surface area contributed by atoms with E-state index in [4.69, 9.17) is 15.0 Å². The third kappa shape index (κ3) is 6.79. The van der Waals surface area contributed by atoms with Gasteiger partial charge >= 0.3 is 0 Å². The Morgan fingerprint density at radius 2 is 0.829 bits per heavy atom. The Bertz CT molecular complexity index is 3970. The summed E-state index contributed by atoms with van der Waals surface area (Å²) in [4.78, 5) is 15.9. The smallest absolute Gasteiger partial charge is 0.238 e. The molecule has 12 aromatic rings. The highest BCUT2D eigenvalue weighted by atomic mass is 15.2. The molecule has 0 unspecified atom stereocenters. The van der Waals surface area contributed by atoms with Crippen molar-refractivity contribution in [2.24, 2.45) is 0 Å². The van der Waals surface area contributed by atoms with Crippen molar-refractivity contribution in [3.05, 3.63) is 223 Å². The number of benzene rings is 9. The monoisotopic (exact) mass is 901 g/mol. The quantitative estimate of drug-likeness (QED) is 0.160. The van der Waals surface area contributed by atoms with Crippen molar-refractivity contribution in [2.75, 3.05) is 0 Å². The first-order chi connectivity index (χ1) is 34.2. The van der Waals surface area contributed by atoms with Gasteiger partial charge < -0.3 is 4.57 Å². The van der Waals surface area contributed by atoms with E-state index in [1.165, 1.54) is 46.0 Å². The van der Waals surface area contributed by atoms with Crippen LogP contribution in [0.2, 0.25) is 0 Å². The van der Waals surface area contributed by atoms with Gasteiger partial charge in [0.05, 0.1) is 22.1 Å². The SMILES string of the molecule is CC1(C)CCC(C)(C)c2c(-c3ccc(-c4cccc(-n5c6ccccc6c6ccc7c8ccccc8n(-c8nc(-c9ccccc9)nc(-c9ccc(-c%10ccccc%10)cc9)n8)c7c65)c4)cc3)cccc21. The van der Waals surface area contributed by atoms with Gasteiger partial charge in [-0.2, -0.15) is 9.97 Å².